The zero-order chi connectivity index (χ0) is 15.0. The molecule has 2 atom stereocenters. The lowest BCUT2D eigenvalue weighted by Gasteiger charge is -2.18. The monoisotopic (exact) mass is 340 g/mol. The van der Waals surface area contributed by atoms with Gasteiger partial charge in [0.15, 0.2) is 0 Å². The van der Waals surface area contributed by atoms with Gasteiger partial charge in [-0.2, -0.15) is 0 Å². The van der Waals surface area contributed by atoms with E-state index in [-0.39, 0.29) is 11.9 Å². The van der Waals surface area contributed by atoms with E-state index >= 15 is 0 Å². The van der Waals surface area contributed by atoms with Crippen LogP contribution in [0.3, 0.4) is 0 Å². The molecule has 112 valence electrons. The Hall–Kier alpha value is -0.870. The number of amides is 1. The molecule has 0 saturated heterocycles. The summed E-state index contributed by atoms with van der Waals surface area (Å²) in [5.74, 6) is 0.123. The maximum absolute atomic E-state index is 11.7. The molecular weight excluding hydrogens is 316 g/mol. The van der Waals surface area contributed by atoms with E-state index in [2.05, 4.69) is 64.7 Å². The van der Waals surface area contributed by atoms with E-state index in [1.54, 1.807) is 0 Å². The average Bonchev–Trinajstić information content (AvgIpc) is 2.44. The summed E-state index contributed by atoms with van der Waals surface area (Å²) in [5.41, 5.74) is 1.26. The summed E-state index contributed by atoms with van der Waals surface area (Å²) < 4.78 is 1.09. The van der Waals surface area contributed by atoms with Crippen molar-refractivity contribution < 1.29 is 4.79 Å². The van der Waals surface area contributed by atoms with Crippen molar-refractivity contribution >= 4 is 21.8 Å². The average molecular weight is 341 g/mol. The van der Waals surface area contributed by atoms with Crippen molar-refractivity contribution in [2.45, 2.75) is 52.1 Å². The van der Waals surface area contributed by atoms with Crippen LogP contribution in [0.2, 0.25) is 0 Å². The van der Waals surface area contributed by atoms with E-state index in [0.29, 0.717) is 19.0 Å². The predicted molar refractivity (Wildman–Crippen MR) is 87.7 cm³/mol. The molecule has 1 rings (SSSR count). The minimum Gasteiger partial charge on any atom is -0.354 e. The number of hydrogen-bond acceptors (Lipinski definition) is 2. The van der Waals surface area contributed by atoms with Gasteiger partial charge in [-0.05, 0) is 37.5 Å². The second-order valence-electron chi connectivity index (χ2n) is 5.09. The molecule has 0 spiro atoms. The number of rotatable bonds is 8. The van der Waals surface area contributed by atoms with E-state index in [1.807, 2.05) is 6.92 Å². The van der Waals surface area contributed by atoms with E-state index in [4.69, 9.17) is 0 Å². The maximum atomic E-state index is 11.7. The van der Waals surface area contributed by atoms with E-state index in [0.717, 1.165) is 17.3 Å². The molecule has 0 radical (unpaired) electrons. The molecule has 0 fully saturated rings. The van der Waals surface area contributed by atoms with Gasteiger partial charge in [-0.25, -0.2) is 0 Å². The maximum Gasteiger partial charge on any atom is 0.221 e. The van der Waals surface area contributed by atoms with Crippen molar-refractivity contribution in [3.63, 3.8) is 0 Å². The van der Waals surface area contributed by atoms with Crippen molar-refractivity contribution in [3.05, 3.63) is 34.3 Å². The molecule has 3 nitrogen and oxygen atoms in total. The van der Waals surface area contributed by atoms with Crippen LogP contribution in [0.15, 0.2) is 28.7 Å². The third-order valence-corrected chi connectivity index (χ3v) is 3.97. The normalized spacial score (nSPS) is 13.8. The number of carbonyl (C=O) groups excluding carboxylic acids is 1. The highest BCUT2D eigenvalue weighted by molar-refractivity contribution is 9.10. The molecular formula is C16H25BrN2O. The van der Waals surface area contributed by atoms with Crippen LogP contribution < -0.4 is 10.6 Å². The Morgan fingerprint density at radius 3 is 2.40 bits per heavy atom. The molecule has 0 saturated carbocycles. The largest absolute Gasteiger partial charge is 0.354 e. The fraction of sp³-hybridized carbons (Fsp3) is 0.562. The summed E-state index contributed by atoms with van der Waals surface area (Å²) in [6.45, 7) is 6.96. The number of nitrogens with one attached hydrogen (secondary N) is 2. The van der Waals surface area contributed by atoms with Gasteiger partial charge in [0, 0.05) is 29.5 Å². The van der Waals surface area contributed by atoms with Gasteiger partial charge in [0.1, 0.15) is 0 Å². The molecule has 0 heterocycles. The van der Waals surface area contributed by atoms with Crippen LogP contribution >= 0.6 is 15.9 Å². The first-order valence-electron chi connectivity index (χ1n) is 7.35. The van der Waals surface area contributed by atoms with Crippen molar-refractivity contribution in [3.8, 4) is 0 Å². The highest BCUT2D eigenvalue weighted by Crippen LogP contribution is 2.19. The standard InChI is InChI=1S/C16H25BrN2O/c1-4-12(3)19-16(20)10-11-18-15(5-2)13-6-8-14(17)9-7-13/h6-9,12,15,18H,4-5,10-11H2,1-3H3,(H,19,20). The molecule has 2 unspecified atom stereocenters. The Balaban J connectivity index is 2.38. The lowest BCUT2D eigenvalue weighted by Crippen LogP contribution is -2.34. The molecule has 20 heavy (non-hydrogen) atoms. The lowest BCUT2D eigenvalue weighted by molar-refractivity contribution is -0.121. The first-order valence-corrected chi connectivity index (χ1v) is 8.14. The Labute approximate surface area is 130 Å². The van der Waals surface area contributed by atoms with Crippen molar-refractivity contribution in [1.82, 2.24) is 10.6 Å². The fourth-order valence-corrected chi connectivity index (χ4v) is 2.27. The van der Waals surface area contributed by atoms with Gasteiger partial charge >= 0.3 is 0 Å². The molecule has 4 heteroatoms. The van der Waals surface area contributed by atoms with Gasteiger partial charge in [0.2, 0.25) is 5.91 Å². The minimum absolute atomic E-state index is 0.123. The van der Waals surface area contributed by atoms with Crippen LogP contribution in [0.5, 0.6) is 0 Å². The van der Waals surface area contributed by atoms with Gasteiger partial charge in [-0.3, -0.25) is 4.79 Å². The number of hydrogen-bond donors (Lipinski definition) is 2. The molecule has 0 aromatic heterocycles. The summed E-state index contributed by atoms with van der Waals surface area (Å²) in [5, 5.41) is 6.43. The van der Waals surface area contributed by atoms with Crippen molar-refractivity contribution in [2.24, 2.45) is 0 Å². The minimum atomic E-state index is 0.123. The van der Waals surface area contributed by atoms with Crippen LogP contribution in [0.4, 0.5) is 0 Å². The molecule has 1 aromatic carbocycles. The van der Waals surface area contributed by atoms with Crippen LogP contribution in [0, 0.1) is 0 Å². The Morgan fingerprint density at radius 2 is 1.85 bits per heavy atom. The van der Waals surface area contributed by atoms with Gasteiger partial charge < -0.3 is 10.6 Å². The third-order valence-electron chi connectivity index (χ3n) is 3.44. The summed E-state index contributed by atoms with van der Waals surface area (Å²) in [4.78, 5) is 11.7. The van der Waals surface area contributed by atoms with E-state index in [9.17, 15) is 4.79 Å². The second-order valence-corrected chi connectivity index (χ2v) is 6.01. The topological polar surface area (TPSA) is 41.1 Å². The fourth-order valence-electron chi connectivity index (χ4n) is 2.00. The number of carbonyl (C=O) groups is 1. The second kappa shape index (κ2) is 9.14. The Bertz CT molecular complexity index is 405. The molecule has 1 amide bonds. The van der Waals surface area contributed by atoms with E-state index in [1.165, 1.54) is 5.56 Å². The predicted octanol–water partition coefficient (Wildman–Crippen LogP) is 3.79. The Morgan fingerprint density at radius 1 is 1.20 bits per heavy atom. The summed E-state index contributed by atoms with van der Waals surface area (Å²) in [6, 6.07) is 8.90. The molecule has 0 bridgehead atoms. The van der Waals surface area contributed by atoms with Crippen LogP contribution in [0.1, 0.15) is 51.6 Å². The highest BCUT2D eigenvalue weighted by Gasteiger charge is 2.10. The molecule has 0 aliphatic rings. The molecule has 0 aliphatic heterocycles. The summed E-state index contributed by atoms with van der Waals surface area (Å²) in [6.07, 6.45) is 2.50. The molecule has 1 aromatic rings. The molecule has 2 N–H and O–H groups in total. The summed E-state index contributed by atoms with van der Waals surface area (Å²) >= 11 is 3.44. The van der Waals surface area contributed by atoms with Crippen LogP contribution in [-0.2, 0) is 4.79 Å². The van der Waals surface area contributed by atoms with Crippen LogP contribution in [-0.4, -0.2) is 18.5 Å². The lowest BCUT2D eigenvalue weighted by atomic mass is 10.0. The highest BCUT2D eigenvalue weighted by atomic mass is 79.9. The van der Waals surface area contributed by atoms with Crippen molar-refractivity contribution in [2.75, 3.05) is 6.54 Å². The number of benzene rings is 1. The quantitative estimate of drug-likeness (QED) is 0.755. The van der Waals surface area contributed by atoms with Gasteiger partial charge in [0.05, 0.1) is 0 Å². The van der Waals surface area contributed by atoms with Gasteiger partial charge in [-0.15, -0.1) is 0 Å². The van der Waals surface area contributed by atoms with E-state index < -0.39 is 0 Å². The SMILES string of the molecule is CCC(C)NC(=O)CCNC(CC)c1ccc(Br)cc1. The zero-order valence-corrected chi connectivity index (χ0v) is 14.2. The van der Waals surface area contributed by atoms with Crippen molar-refractivity contribution in [1.29, 1.82) is 0 Å². The number of halogens is 1. The Kier molecular flexibility index (Phi) is 7.85. The third kappa shape index (κ3) is 6.06. The first kappa shape index (κ1) is 17.2. The van der Waals surface area contributed by atoms with Gasteiger partial charge in [0.25, 0.3) is 0 Å². The summed E-state index contributed by atoms with van der Waals surface area (Å²) in [7, 11) is 0. The van der Waals surface area contributed by atoms with Crippen LogP contribution in [0.25, 0.3) is 0 Å². The first-order chi connectivity index (χ1) is 9.56. The zero-order valence-electron chi connectivity index (χ0n) is 12.6. The van der Waals surface area contributed by atoms with Gasteiger partial charge in [-0.1, -0.05) is 41.9 Å². The molecule has 0 aliphatic carbocycles. The smallest absolute Gasteiger partial charge is 0.221 e.